The van der Waals surface area contributed by atoms with E-state index in [1.807, 2.05) is 24.3 Å². The molecule has 3 rings (SSSR count). The highest BCUT2D eigenvalue weighted by Gasteiger charge is 2.12. The van der Waals surface area contributed by atoms with E-state index in [0.29, 0.717) is 12.1 Å². The van der Waals surface area contributed by atoms with Crippen molar-refractivity contribution in [1.29, 1.82) is 0 Å². The van der Waals surface area contributed by atoms with Gasteiger partial charge >= 0.3 is 0 Å². The first-order chi connectivity index (χ1) is 8.92. The van der Waals surface area contributed by atoms with E-state index in [1.54, 1.807) is 0 Å². The number of hydrogen-bond donors (Lipinski definition) is 2. The third-order valence-electron chi connectivity index (χ3n) is 3.49. The number of H-pyrrole nitrogens is 1. The van der Waals surface area contributed by atoms with Crippen LogP contribution in [0.5, 0.6) is 6.01 Å². The lowest BCUT2D eigenvalue weighted by molar-refractivity contribution is 0.255. The number of aromatic nitrogens is 2. The number of benzene rings is 1. The molecule has 4 heteroatoms. The number of para-hydroxylation sites is 2. The van der Waals surface area contributed by atoms with Crippen LogP contribution in [-0.4, -0.2) is 29.2 Å². The van der Waals surface area contributed by atoms with Crippen LogP contribution in [0.4, 0.5) is 0 Å². The molecule has 0 bridgehead atoms. The lowest BCUT2D eigenvalue weighted by Crippen LogP contribution is -2.35. The van der Waals surface area contributed by atoms with Gasteiger partial charge in [-0.15, -0.1) is 0 Å². The SMILES string of the molecule is c1ccc2[nH]c(OCC[C@H]3CCCCN3)nc2c1. The smallest absolute Gasteiger partial charge is 0.294 e. The summed E-state index contributed by atoms with van der Waals surface area (Å²) in [5.74, 6) is 0. The molecule has 1 aromatic heterocycles. The Labute approximate surface area is 107 Å². The molecule has 96 valence electrons. The van der Waals surface area contributed by atoms with Gasteiger partial charge in [-0.05, 0) is 37.9 Å². The number of rotatable bonds is 4. The number of hydrogen-bond acceptors (Lipinski definition) is 3. The Hall–Kier alpha value is -1.55. The fourth-order valence-corrected chi connectivity index (χ4v) is 2.47. The highest BCUT2D eigenvalue weighted by Crippen LogP contribution is 2.16. The molecule has 0 spiro atoms. The summed E-state index contributed by atoms with van der Waals surface area (Å²) >= 11 is 0. The number of ether oxygens (including phenoxy) is 1. The van der Waals surface area contributed by atoms with Gasteiger partial charge in [0.15, 0.2) is 0 Å². The van der Waals surface area contributed by atoms with Gasteiger partial charge in [-0.3, -0.25) is 0 Å². The van der Waals surface area contributed by atoms with E-state index < -0.39 is 0 Å². The molecule has 18 heavy (non-hydrogen) atoms. The monoisotopic (exact) mass is 245 g/mol. The predicted octanol–water partition coefficient (Wildman–Crippen LogP) is 2.47. The van der Waals surface area contributed by atoms with Crippen molar-refractivity contribution in [3.05, 3.63) is 24.3 Å². The molecule has 2 N–H and O–H groups in total. The maximum absolute atomic E-state index is 5.69. The maximum Gasteiger partial charge on any atom is 0.294 e. The van der Waals surface area contributed by atoms with Crippen LogP contribution in [0.25, 0.3) is 11.0 Å². The highest BCUT2D eigenvalue weighted by atomic mass is 16.5. The van der Waals surface area contributed by atoms with Crippen LogP contribution in [0, 0.1) is 0 Å². The minimum atomic E-state index is 0.614. The average Bonchev–Trinajstić information content (AvgIpc) is 2.82. The molecule has 1 atom stereocenters. The number of piperidine rings is 1. The molecule has 1 aliphatic heterocycles. The summed E-state index contributed by atoms with van der Waals surface area (Å²) in [6.07, 6.45) is 4.96. The van der Waals surface area contributed by atoms with Crippen molar-refractivity contribution in [3.63, 3.8) is 0 Å². The fraction of sp³-hybridized carbons (Fsp3) is 0.500. The first kappa shape index (κ1) is 11.5. The Bertz CT molecular complexity index is 469. The number of fused-ring (bicyclic) bond motifs is 1. The zero-order valence-electron chi connectivity index (χ0n) is 10.5. The molecule has 2 aromatic rings. The Balaban J connectivity index is 1.53. The summed E-state index contributed by atoms with van der Waals surface area (Å²) in [6.45, 7) is 1.87. The molecule has 0 amide bonds. The van der Waals surface area contributed by atoms with Crippen molar-refractivity contribution in [2.75, 3.05) is 13.2 Å². The fourth-order valence-electron chi connectivity index (χ4n) is 2.47. The van der Waals surface area contributed by atoms with E-state index in [9.17, 15) is 0 Å². The second-order valence-corrected chi connectivity index (χ2v) is 4.84. The second kappa shape index (κ2) is 5.40. The van der Waals surface area contributed by atoms with Gasteiger partial charge in [-0.2, -0.15) is 4.98 Å². The van der Waals surface area contributed by atoms with Crippen molar-refractivity contribution in [2.45, 2.75) is 31.7 Å². The quantitative estimate of drug-likeness (QED) is 0.870. The summed E-state index contributed by atoms with van der Waals surface area (Å²) in [5.41, 5.74) is 1.99. The minimum Gasteiger partial charge on any atom is -0.465 e. The van der Waals surface area contributed by atoms with E-state index in [4.69, 9.17) is 4.74 Å². The van der Waals surface area contributed by atoms with Crippen molar-refractivity contribution in [3.8, 4) is 6.01 Å². The predicted molar refractivity (Wildman–Crippen MR) is 71.8 cm³/mol. The van der Waals surface area contributed by atoms with Crippen LogP contribution in [-0.2, 0) is 0 Å². The molecule has 2 heterocycles. The highest BCUT2D eigenvalue weighted by molar-refractivity contribution is 5.75. The second-order valence-electron chi connectivity index (χ2n) is 4.84. The molecular weight excluding hydrogens is 226 g/mol. The van der Waals surface area contributed by atoms with Gasteiger partial charge in [-0.25, -0.2) is 0 Å². The lowest BCUT2D eigenvalue weighted by Gasteiger charge is -2.22. The van der Waals surface area contributed by atoms with E-state index >= 15 is 0 Å². The third kappa shape index (κ3) is 2.64. The van der Waals surface area contributed by atoms with Gasteiger partial charge in [-0.1, -0.05) is 18.6 Å². The maximum atomic E-state index is 5.69. The molecule has 1 fully saturated rings. The van der Waals surface area contributed by atoms with Crippen molar-refractivity contribution < 1.29 is 4.74 Å². The van der Waals surface area contributed by atoms with E-state index in [-0.39, 0.29) is 0 Å². The zero-order valence-corrected chi connectivity index (χ0v) is 10.5. The molecule has 1 saturated heterocycles. The van der Waals surface area contributed by atoms with Crippen LogP contribution in [0.3, 0.4) is 0 Å². The van der Waals surface area contributed by atoms with Gasteiger partial charge in [0.1, 0.15) is 0 Å². The summed E-state index contributed by atoms with van der Waals surface area (Å²) in [7, 11) is 0. The lowest BCUT2D eigenvalue weighted by atomic mass is 10.0. The Morgan fingerprint density at radius 1 is 1.28 bits per heavy atom. The number of nitrogens with zero attached hydrogens (tertiary/aromatic N) is 1. The number of imidazole rings is 1. The van der Waals surface area contributed by atoms with Crippen molar-refractivity contribution in [2.24, 2.45) is 0 Å². The van der Waals surface area contributed by atoms with E-state index in [2.05, 4.69) is 15.3 Å². The van der Waals surface area contributed by atoms with Crippen molar-refractivity contribution >= 4 is 11.0 Å². The van der Waals surface area contributed by atoms with E-state index in [0.717, 1.165) is 30.6 Å². The van der Waals surface area contributed by atoms with Gasteiger partial charge in [0.2, 0.25) is 0 Å². The van der Waals surface area contributed by atoms with Crippen LogP contribution < -0.4 is 10.1 Å². The molecule has 1 aliphatic rings. The zero-order chi connectivity index (χ0) is 12.2. The van der Waals surface area contributed by atoms with Gasteiger partial charge in [0.25, 0.3) is 6.01 Å². The van der Waals surface area contributed by atoms with Crippen LogP contribution >= 0.6 is 0 Å². The summed E-state index contributed by atoms with van der Waals surface area (Å²) < 4.78 is 5.69. The molecule has 0 radical (unpaired) electrons. The van der Waals surface area contributed by atoms with E-state index in [1.165, 1.54) is 19.3 Å². The van der Waals surface area contributed by atoms with Crippen LogP contribution in [0.2, 0.25) is 0 Å². The van der Waals surface area contributed by atoms with Gasteiger partial charge < -0.3 is 15.0 Å². The number of nitrogens with one attached hydrogen (secondary N) is 2. The largest absolute Gasteiger partial charge is 0.465 e. The van der Waals surface area contributed by atoms with Gasteiger partial charge in [0.05, 0.1) is 17.6 Å². The summed E-state index contributed by atoms with van der Waals surface area (Å²) in [5, 5.41) is 3.52. The first-order valence-corrected chi connectivity index (χ1v) is 6.73. The third-order valence-corrected chi connectivity index (χ3v) is 3.49. The molecule has 0 aliphatic carbocycles. The van der Waals surface area contributed by atoms with Gasteiger partial charge in [0, 0.05) is 6.04 Å². The normalized spacial score (nSPS) is 20.1. The standard InChI is InChI=1S/C14H19N3O/c1-2-7-13-12(6-1)16-14(17-13)18-10-8-11-5-3-4-9-15-11/h1-2,6-7,11,15H,3-5,8-10H2,(H,16,17)/t11-/m1/s1. The molecule has 4 nitrogen and oxygen atoms in total. The Morgan fingerprint density at radius 2 is 2.22 bits per heavy atom. The summed E-state index contributed by atoms with van der Waals surface area (Å²) in [6, 6.07) is 9.23. The van der Waals surface area contributed by atoms with Crippen LogP contribution in [0.1, 0.15) is 25.7 Å². The molecular formula is C14H19N3O. The summed E-state index contributed by atoms with van der Waals surface area (Å²) in [4.78, 5) is 7.58. The topological polar surface area (TPSA) is 49.9 Å². The minimum absolute atomic E-state index is 0.614. The molecule has 1 aromatic carbocycles. The average molecular weight is 245 g/mol. The van der Waals surface area contributed by atoms with Crippen molar-refractivity contribution in [1.82, 2.24) is 15.3 Å². The Kier molecular flexibility index (Phi) is 3.46. The number of aromatic amines is 1. The molecule has 0 unspecified atom stereocenters. The Morgan fingerprint density at radius 3 is 3.06 bits per heavy atom. The first-order valence-electron chi connectivity index (χ1n) is 6.73. The van der Waals surface area contributed by atoms with Crippen LogP contribution in [0.15, 0.2) is 24.3 Å². The molecule has 0 saturated carbocycles.